The van der Waals surface area contributed by atoms with Gasteiger partial charge in [0.15, 0.2) is 0 Å². The Kier molecular flexibility index (Phi) is 6.94. The van der Waals surface area contributed by atoms with Gasteiger partial charge in [-0.05, 0) is 23.0 Å². The fraction of sp³-hybridized carbons (Fsp3) is 0.640. The summed E-state index contributed by atoms with van der Waals surface area (Å²) in [7, 11) is 1.58. The van der Waals surface area contributed by atoms with E-state index in [2.05, 4.69) is 46.5 Å². The monoisotopic (exact) mass is 429 g/mol. The molecule has 31 heavy (non-hydrogen) atoms. The number of amides is 1. The highest BCUT2D eigenvalue weighted by atomic mass is 16.5. The lowest BCUT2D eigenvalue weighted by molar-refractivity contribution is -0.134. The third-order valence-corrected chi connectivity index (χ3v) is 4.84. The Morgan fingerprint density at radius 1 is 1.00 bits per heavy atom. The van der Waals surface area contributed by atoms with Crippen LogP contribution in [0.5, 0.6) is 5.75 Å². The Balaban J connectivity index is 2.62. The standard InChI is InChI=1S/C25H39N3O3/c1-23(2,3)15-27(16-24(4,5)6)20(29)14-28-19-13-17(31-10)11-12-18(19)26-21(22(28)30)25(7,8)9/h11-13H,14-16H2,1-10H3. The number of nitrogens with zero attached hydrogens (tertiary/aromatic N) is 3. The first-order valence-electron chi connectivity index (χ1n) is 10.9. The summed E-state index contributed by atoms with van der Waals surface area (Å²) in [6, 6.07) is 5.44. The lowest BCUT2D eigenvalue weighted by Crippen LogP contribution is -2.45. The second kappa shape index (κ2) is 8.64. The molecule has 0 radical (unpaired) electrons. The van der Waals surface area contributed by atoms with Crippen molar-refractivity contribution in [1.82, 2.24) is 14.5 Å². The SMILES string of the molecule is COc1ccc2nc(C(C)(C)C)c(=O)n(CC(=O)N(CC(C)(C)C)CC(C)(C)C)c2c1. The topological polar surface area (TPSA) is 64.4 Å². The minimum Gasteiger partial charge on any atom is -0.497 e. The number of hydrogen-bond acceptors (Lipinski definition) is 4. The number of benzene rings is 1. The number of hydrogen-bond donors (Lipinski definition) is 0. The largest absolute Gasteiger partial charge is 0.497 e. The average Bonchev–Trinajstić information content (AvgIpc) is 2.59. The van der Waals surface area contributed by atoms with Crippen LogP contribution in [0.3, 0.4) is 0 Å². The summed E-state index contributed by atoms with van der Waals surface area (Å²) in [6.45, 7) is 19.8. The van der Waals surface area contributed by atoms with Crippen molar-refractivity contribution in [3.63, 3.8) is 0 Å². The summed E-state index contributed by atoms with van der Waals surface area (Å²) in [5.74, 6) is 0.557. The van der Waals surface area contributed by atoms with Gasteiger partial charge in [0.05, 0.1) is 18.1 Å². The van der Waals surface area contributed by atoms with Gasteiger partial charge in [-0.25, -0.2) is 4.98 Å². The Bertz CT molecular complexity index is 986. The van der Waals surface area contributed by atoms with Crippen molar-refractivity contribution in [1.29, 1.82) is 0 Å². The Labute approximate surface area is 186 Å². The van der Waals surface area contributed by atoms with Crippen LogP contribution in [0.1, 0.15) is 68.0 Å². The number of aromatic nitrogens is 2. The number of rotatable bonds is 5. The van der Waals surface area contributed by atoms with Gasteiger partial charge in [0.2, 0.25) is 5.91 Å². The van der Waals surface area contributed by atoms with E-state index < -0.39 is 5.41 Å². The molecule has 1 aromatic heterocycles. The van der Waals surface area contributed by atoms with E-state index in [4.69, 9.17) is 4.74 Å². The van der Waals surface area contributed by atoms with Crippen LogP contribution in [0.15, 0.2) is 23.0 Å². The van der Waals surface area contributed by atoms with E-state index in [1.807, 2.05) is 37.8 Å². The Hall–Kier alpha value is -2.37. The van der Waals surface area contributed by atoms with E-state index in [1.54, 1.807) is 17.7 Å². The predicted octanol–water partition coefficient (Wildman–Crippen LogP) is 4.62. The van der Waals surface area contributed by atoms with E-state index in [0.717, 1.165) is 0 Å². The summed E-state index contributed by atoms with van der Waals surface area (Å²) in [4.78, 5) is 33.5. The zero-order chi connectivity index (χ0) is 23.8. The lowest BCUT2D eigenvalue weighted by Gasteiger charge is -2.35. The van der Waals surface area contributed by atoms with Gasteiger partial charge >= 0.3 is 0 Å². The van der Waals surface area contributed by atoms with Gasteiger partial charge in [-0.15, -0.1) is 0 Å². The number of ether oxygens (including phenoxy) is 1. The van der Waals surface area contributed by atoms with Crippen molar-refractivity contribution in [2.24, 2.45) is 10.8 Å². The van der Waals surface area contributed by atoms with Crippen LogP contribution in [-0.4, -0.2) is 40.6 Å². The Morgan fingerprint density at radius 3 is 2.00 bits per heavy atom. The second-order valence-electron chi connectivity index (χ2n) is 11.8. The molecule has 1 amide bonds. The lowest BCUT2D eigenvalue weighted by atomic mass is 9.92. The molecule has 0 bridgehead atoms. The molecule has 0 spiro atoms. The van der Waals surface area contributed by atoms with Crippen molar-refractivity contribution in [3.05, 3.63) is 34.2 Å². The van der Waals surface area contributed by atoms with E-state index >= 15 is 0 Å². The molecule has 6 heteroatoms. The molecule has 172 valence electrons. The van der Waals surface area contributed by atoms with Gasteiger partial charge in [0.25, 0.3) is 5.56 Å². The van der Waals surface area contributed by atoms with Crippen molar-refractivity contribution in [2.45, 2.75) is 74.3 Å². The van der Waals surface area contributed by atoms with Gasteiger partial charge in [-0.1, -0.05) is 62.3 Å². The molecule has 1 heterocycles. The van der Waals surface area contributed by atoms with Crippen LogP contribution in [-0.2, 0) is 16.8 Å². The molecule has 1 aromatic carbocycles. The maximum absolute atomic E-state index is 13.5. The molecule has 2 rings (SSSR count). The first kappa shape index (κ1) is 24.9. The highest BCUT2D eigenvalue weighted by Gasteiger charge is 2.28. The van der Waals surface area contributed by atoms with Crippen molar-refractivity contribution >= 4 is 16.9 Å². The molecular formula is C25H39N3O3. The maximum Gasteiger partial charge on any atom is 0.273 e. The first-order chi connectivity index (χ1) is 14.0. The summed E-state index contributed by atoms with van der Waals surface area (Å²) >= 11 is 0. The second-order valence-corrected chi connectivity index (χ2v) is 11.8. The molecule has 0 unspecified atom stereocenters. The van der Waals surface area contributed by atoms with Gasteiger partial charge in [-0.3, -0.25) is 14.2 Å². The van der Waals surface area contributed by atoms with Crippen LogP contribution in [0.25, 0.3) is 11.0 Å². The average molecular weight is 430 g/mol. The third-order valence-electron chi connectivity index (χ3n) is 4.84. The number of fused-ring (bicyclic) bond motifs is 1. The molecule has 0 atom stereocenters. The minimum absolute atomic E-state index is 0.0275. The van der Waals surface area contributed by atoms with E-state index in [1.165, 1.54) is 0 Å². The molecule has 0 aliphatic carbocycles. The van der Waals surface area contributed by atoms with Crippen molar-refractivity contribution in [2.75, 3.05) is 20.2 Å². The summed E-state index contributed by atoms with van der Waals surface area (Å²) < 4.78 is 6.92. The fourth-order valence-electron chi connectivity index (χ4n) is 3.60. The smallest absolute Gasteiger partial charge is 0.273 e. The summed E-state index contributed by atoms with van der Waals surface area (Å²) in [5, 5.41) is 0. The van der Waals surface area contributed by atoms with Gasteiger partial charge in [0.1, 0.15) is 18.0 Å². The zero-order valence-corrected chi connectivity index (χ0v) is 20.9. The van der Waals surface area contributed by atoms with Crippen molar-refractivity contribution < 1.29 is 9.53 Å². The summed E-state index contributed by atoms with van der Waals surface area (Å²) in [6.07, 6.45) is 0. The summed E-state index contributed by atoms with van der Waals surface area (Å²) in [5.41, 5.74) is 0.975. The normalized spacial score (nSPS) is 12.8. The molecule has 0 aliphatic heterocycles. The van der Waals surface area contributed by atoms with E-state index in [9.17, 15) is 9.59 Å². The number of carbonyl (C=O) groups is 1. The first-order valence-corrected chi connectivity index (χ1v) is 10.9. The fourth-order valence-corrected chi connectivity index (χ4v) is 3.60. The zero-order valence-electron chi connectivity index (χ0n) is 20.9. The maximum atomic E-state index is 13.5. The van der Waals surface area contributed by atoms with Crippen molar-refractivity contribution in [3.8, 4) is 5.75 Å². The van der Waals surface area contributed by atoms with Crippen LogP contribution < -0.4 is 10.3 Å². The molecule has 0 fully saturated rings. The van der Waals surface area contributed by atoms with Crippen LogP contribution in [0.2, 0.25) is 0 Å². The molecular weight excluding hydrogens is 390 g/mol. The van der Waals surface area contributed by atoms with Gasteiger partial charge < -0.3 is 9.64 Å². The van der Waals surface area contributed by atoms with Crippen LogP contribution in [0.4, 0.5) is 0 Å². The Morgan fingerprint density at radius 2 is 1.55 bits per heavy atom. The quantitative estimate of drug-likeness (QED) is 0.695. The number of carbonyl (C=O) groups excluding carboxylic acids is 1. The molecule has 0 saturated carbocycles. The number of methoxy groups -OCH3 is 1. The minimum atomic E-state index is -0.438. The molecule has 6 nitrogen and oxygen atoms in total. The highest BCUT2D eigenvalue weighted by Crippen LogP contribution is 2.24. The van der Waals surface area contributed by atoms with Crippen LogP contribution in [0, 0.1) is 10.8 Å². The predicted molar refractivity (Wildman–Crippen MR) is 127 cm³/mol. The van der Waals surface area contributed by atoms with E-state index in [-0.39, 0.29) is 28.8 Å². The third kappa shape index (κ3) is 6.55. The van der Waals surface area contributed by atoms with Gasteiger partial charge in [0, 0.05) is 24.6 Å². The molecule has 2 aromatic rings. The van der Waals surface area contributed by atoms with E-state index in [0.29, 0.717) is 35.6 Å². The van der Waals surface area contributed by atoms with Gasteiger partial charge in [-0.2, -0.15) is 0 Å². The molecule has 0 saturated heterocycles. The van der Waals surface area contributed by atoms with Crippen LogP contribution >= 0.6 is 0 Å². The molecule has 0 aliphatic rings. The highest BCUT2D eigenvalue weighted by molar-refractivity contribution is 5.81. The molecule has 0 N–H and O–H groups in total.